The second-order valence-electron chi connectivity index (χ2n) is 7.00. The molecule has 0 saturated heterocycles. The maximum atomic E-state index is 5.43. The largest absolute Gasteiger partial charge is 0.360 e. The Morgan fingerprint density at radius 2 is 2.00 bits per heavy atom. The van der Waals surface area contributed by atoms with E-state index in [0.29, 0.717) is 11.5 Å². The Morgan fingerprint density at radius 3 is 2.57 bits per heavy atom. The first kappa shape index (κ1) is 16.3. The highest BCUT2D eigenvalue weighted by Gasteiger charge is 2.31. The van der Waals surface area contributed by atoms with Crippen molar-refractivity contribution in [1.29, 1.82) is 0 Å². The first-order chi connectivity index (χ1) is 9.98. The maximum absolute atomic E-state index is 5.43. The smallest absolute Gasteiger partial charge is 0.170 e. The molecule has 1 fully saturated rings. The molecule has 2 rings (SSSR count). The fraction of sp³-hybridized carbons (Fsp3) is 0.611. The second-order valence-corrected chi connectivity index (χ2v) is 7.41. The van der Waals surface area contributed by atoms with E-state index in [4.69, 9.17) is 12.2 Å². The van der Waals surface area contributed by atoms with Crippen molar-refractivity contribution in [2.24, 2.45) is 5.41 Å². The van der Waals surface area contributed by atoms with Crippen LogP contribution in [0.1, 0.15) is 58.4 Å². The van der Waals surface area contributed by atoms with Gasteiger partial charge in [-0.25, -0.2) is 0 Å². The molecule has 2 N–H and O–H groups in total. The van der Waals surface area contributed by atoms with Gasteiger partial charge in [0.1, 0.15) is 0 Å². The van der Waals surface area contributed by atoms with E-state index in [-0.39, 0.29) is 0 Å². The molecule has 0 aliphatic heterocycles. The summed E-state index contributed by atoms with van der Waals surface area (Å²) in [4.78, 5) is 0. The lowest BCUT2D eigenvalue weighted by molar-refractivity contribution is 0.372. The number of unbranched alkanes of at least 4 members (excludes halogenated alkanes) is 1. The molecule has 0 amide bonds. The van der Waals surface area contributed by atoms with Gasteiger partial charge >= 0.3 is 0 Å². The van der Waals surface area contributed by atoms with E-state index < -0.39 is 0 Å². The topological polar surface area (TPSA) is 24.1 Å². The fourth-order valence-corrected chi connectivity index (χ4v) is 3.33. The van der Waals surface area contributed by atoms with Gasteiger partial charge in [-0.1, -0.05) is 39.3 Å². The number of hydrogen-bond acceptors (Lipinski definition) is 1. The minimum atomic E-state index is 0.453. The standard InChI is InChI=1S/C18H28N2S/c1-4-5-6-14-7-9-15(10-8-14)19-17(21)20-16-11-12-18(2,3)13-16/h7-10,16H,4-6,11-13H2,1-3H3,(H2,19,20,21). The zero-order valence-electron chi connectivity index (χ0n) is 13.5. The second kappa shape index (κ2) is 7.26. The van der Waals surface area contributed by atoms with Crippen molar-refractivity contribution >= 4 is 23.0 Å². The first-order valence-corrected chi connectivity index (χ1v) is 8.56. The Balaban J connectivity index is 1.80. The predicted octanol–water partition coefficient (Wildman–Crippen LogP) is 4.89. The average molecular weight is 305 g/mol. The van der Waals surface area contributed by atoms with Crippen molar-refractivity contribution in [3.8, 4) is 0 Å². The normalized spacial score (nSPS) is 20.2. The van der Waals surface area contributed by atoms with Gasteiger partial charge in [0, 0.05) is 11.7 Å². The third-order valence-corrected chi connectivity index (χ3v) is 4.55. The molecule has 2 nitrogen and oxygen atoms in total. The quantitative estimate of drug-likeness (QED) is 0.757. The Kier molecular flexibility index (Phi) is 5.63. The molecule has 116 valence electrons. The van der Waals surface area contributed by atoms with E-state index in [9.17, 15) is 0 Å². The lowest BCUT2D eigenvalue weighted by Crippen LogP contribution is -2.36. The molecule has 1 saturated carbocycles. The van der Waals surface area contributed by atoms with E-state index in [1.54, 1.807) is 0 Å². The highest BCUT2D eigenvalue weighted by Crippen LogP contribution is 2.36. The minimum absolute atomic E-state index is 0.453. The predicted molar refractivity (Wildman–Crippen MR) is 95.8 cm³/mol. The molecule has 1 atom stereocenters. The summed E-state index contributed by atoms with van der Waals surface area (Å²) < 4.78 is 0. The van der Waals surface area contributed by atoms with E-state index in [0.717, 1.165) is 17.2 Å². The zero-order valence-corrected chi connectivity index (χ0v) is 14.4. The van der Waals surface area contributed by atoms with Gasteiger partial charge in [0.05, 0.1) is 0 Å². The molecule has 0 aromatic heterocycles. The molecule has 0 bridgehead atoms. The number of aryl methyl sites for hydroxylation is 1. The third kappa shape index (κ3) is 5.31. The van der Waals surface area contributed by atoms with Crippen LogP contribution >= 0.6 is 12.2 Å². The number of rotatable bonds is 5. The Hall–Kier alpha value is -1.09. The molecular weight excluding hydrogens is 276 g/mol. The maximum Gasteiger partial charge on any atom is 0.170 e. The first-order valence-electron chi connectivity index (χ1n) is 8.15. The number of thiocarbonyl (C=S) groups is 1. The van der Waals surface area contributed by atoms with Crippen LogP contribution in [0.5, 0.6) is 0 Å². The molecule has 0 heterocycles. The monoisotopic (exact) mass is 304 g/mol. The number of nitrogens with one attached hydrogen (secondary N) is 2. The molecule has 21 heavy (non-hydrogen) atoms. The molecule has 1 aromatic carbocycles. The van der Waals surface area contributed by atoms with Gasteiger partial charge in [0.25, 0.3) is 0 Å². The molecule has 1 unspecified atom stereocenters. The van der Waals surface area contributed by atoms with E-state index >= 15 is 0 Å². The highest BCUT2D eigenvalue weighted by molar-refractivity contribution is 7.80. The van der Waals surface area contributed by atoms with E-state index in [1.807, 2.05) is 0 Å². The third-order valence-electron chi connectivity index (χ3n) is 4.33. The van der Waals surface area contributed by atoms with Gasteiger partial charge < -0.3 is 10.6 Å². The van der Waals surface area contributed by atoms with Gasteiger partial charge in [-0.05, 0) is 67.4 Å². The lowest BCUT2D eigenvalue weighted by Gasteiger charge is -2.19. The van der Waals surface area contributed by atoms with Crippen LogP contribution in [0.2, 0.25) is 0 Å². The number of hydrogen-bond donors (Lipinski definition) is 2. The fourth-order valence-electron chi connectivity index (χ4n) is 3.05. The molecule has 1 aliphatic carbocycles. The van der Waals surface area contributed by atoms with E-state index in [2.05, 4.69) is 55.7 Å². The summed E-state index contributed by atoms with van der Waals surface area (Å²) in [5.74, 6) is 0. The van der Waals surface area contributed by atoms with Crippen LogP contribution in [0.3, 0.4) is 0 Å². The van der Waals surface area contributed by atoms with Crippen LogP contribution in [-0.4, -0.2) is 11.2 Å². The SMILES string of the molecule is CCCCc1ccc(NC(=S)NC2CCC(C)(C)C2)cc1. The Bertz CT molecular complexity index is 465. The molecule has 3 heteroatoms. The summed E-state index contributed by atoms with van der Waals surface area (Å²) in [5.41, 5.74) is 2.93. The summed E-state index contributed by atoms with van der Waals surface area (Å²) in [6, 6.07) is 9.15. The van der Waals surface area contributed by atoms with Crippen LogP contribution in [0.25, 0.3) is 0 Å². The van der Waals surface area contributed by atoms with Crippen LogP contribution in [0.4, 0.5) is 5.69 Å². The van der Waals surface area contributed by atoms with Crippen molar-refractivity contribution in [3.05, 3.63) is 29.8 Å². The Labute approximate surface area is 134 Å². The summed E-state index contributed by atoms with van der Waals surface area (Å²) in [6.07, 6.45) is 7.35. The molecule has 0 spiro atoms. The minimum Gasteiger partial charge on any atom is -0.360 e. The lowest BCUT2D eigenvalue weighted by atomic mass is 9.92. The van der Waals surface area contributed by atoms with Gasteiger partial charge in [-0.2, -0.15) is 0 Å². The van der Waals surface area contributed by atoms with Crippen LogP contribution < -0.4 is 10.6 Å². The van der Waals surface area contributed by atoms with E-state index in [1.165, 1.54) is 37.7 Å². The number of anilines is 1. The number of benzene rings is 1. The summed E-state index contributed by atoms with van der Waals surface area (Å²) in [7, 11) is 0. The van der Waals surface area contributed by atoms with Crippen LogP contribution in [0.15, 0.2) is 24.3 Å². The zero-order chi connectivity index (χ0) is 15.3. The molecule has 0 radical (unpaired) electrons. The van der Waals surface area contributed by atoms with Gasteiger partial charge in [-0.15, -0.1) is 0 Å². The average Bonchev–Trinajstić information content (AvgIpc) is 2.77. The Morgan fingerprint density at radius 1 is 1.29 bits per heavy atom. The van der Waals surface area contributed by atoms with Crippen molar-refractivity contribution in [2.75, 3.05) is 5.32 Å². The van der Waals surface area contributed by atoms with Gasteiger partial charge in [0.15, 0.2) is 5.11 Å². The molecule has 1 aliphatic rings. The molecule has 1 aromatic rings. The summed E-state index contributed by atoms with van der Waals surface area (Å²) in [6.45, 7) is 6.89. The van der Waals surface area contributed by atoms with Crippen LogP contribution in [-0.2, 0) is 6.42 Å². The summed E-state index contributed by atoms with van der Waals surface area (Å²) >= 11 is 5.43. The molecular formula is C18H28N2S. The van der Waals surface area contributed by atoms with Gasteiger partial charge in [0.2, 0.25) is 0 Å². The highest BCUT2D eigenvalue weighted by atomic mass is 32.1. The summed E-state index contributed by atoms with van der Waals surface area (Å²) in [5, 5.41) is 7.50. The van der Waals surface area contributed by atoms with Crippen molar-refractivity contribution in [2.45, 2.75) is 65.3 Å². The van der Waals surface area contributed by atoms with Crippen molar-refractivity contribution in [3.63, 3.8) is 0 Å². The van der Waals surface area contributed by atoms with Gasteiger partial charge in [-0.3, -0.25) is 0 Å². The van der Waals surface area contributed by atoms with Crippen molar-refractivity contribution < 1.29 is 0 Å². The van der Waals surface area contributed by atoms with Crippen molar-refractivity contribution in [1.82, 2.24) is 5.32 Å². The van der Waals surface area contributed by atoms with Crippen LogP contribution in [0, 0.1) is 5.41 Å².